The van der Waals surface area contributed by atoms with Crippen molar-refractivity contribution in [3.8, 4) is 0 Å². The summed E-state index contributed by atoms with van der Waals surface area (Å²) in [5, 5.41) is 14.9. The van der Waals surface area contributed by atoms with Crippen LogP contribution in [0.5, 0.6) is 0 Å². The van der Waals surface area contributed by atoms with Gasteiger partial charge in [0, 0.05) is 24.7 Å². The molecule has 0 heterocycles. The van der Waals surface area contributed by atoms with Gasteiger partial charge in [-0.15, -0.1) is 0 Å². The monoisotopic (exact) mass is 270 g/mol. The number of rotatable bonds is 6. The summed E-state index contributed by atoms with van der Waals surface area (Å²) >= 11 is 5.77. The topological polar surface area (TPSA) is 61.4 Å². The summed E-state index contributed by atoms with van der Waals surface area (Å²) in [6, 6.07) is 7.13. The van der Waals surface area contributed by atoms with Crippen LogP contribution in [0.25, 0.3) is 0 Å². The summed E-state index contributed by atoms with van der Waals surface area (Å²) in [6.45, 7) is 3.16. The lowest BCUT2D eigenvalue weighted by Crippen LogP contribution is -2.37. The highest BCUT2D eigenvalue weighted by Crippen LogP contribution is 2.08. The van der Waals surface area contributed by atoms with Crippen molar-refractivity contribution in [3.63, 3.8) is 0 Å². The molecule has 3 N–H and O–H groups in total. The summed E-state index contributed by atoms with van der Waals surface area (Å²) in [6.07, 6.45) is 0.692. The molecule has 1 aromatic carbocycles. The van der Waals surface area contributed by atoms with E-state index in [0.29, 0.717) is 24.5 Å². The number of aliphatic hydroxyl groups excluding tert-OH is 1. The smallest absolute Gasteiger partial charge is 0.315 e. The van der Waals surface area contributed by atoms with Gasteiger partial charge in [-0.05, 0) is 30.0 Å². The normalized spacial score (nSPS) is 11.9. The number of hydrogen-bond acceptors (Lipinski definition) is 2. The summed E-state index contributed by atoms with van der Waals surface area (Å²) in [5.41, 5.74) is 0.998. The maximum Gasteiger partial charge on any atom is 0.315 e. The van der Waals surface area contributed by atoms with Crippen molar-refractivity contribution in [3.05, 3.63) is 34.9 Å². The van der Waals surface area contributed by atoms with Crippen LogP contribution in [-0.4, -0.2) is 24.3 Å². The van der Waals surface area contributed by atoms with Crippen LogP contribution in [0.15, 0.2) is 24.3 Å². The Morgan fingerprint density at radius 2 is 2.00 bits per heavy atom. The van der Waals surface area contributed by atoms with Crippen LogP contribution in [0.2, 0.25) is 5.02 Å². The van der Waals surface area contributed by atoms with E-state index >= 15 is 0 Å². The van der Waals surface area contributed by atoms with Crippen LogP contribution in [-0.2, 0) is 6.54 Å². The van der Waals surface area contributed by atoms with Gasteiger partial charge in [0.25, 0.3) is 0 Å². The molecule has 0 radical (unpaired) electrons. The Morgan fingerprint density at radius 1 is 1.33 bits per heavy atom. The summed E-state index contributed by atoms with van der Waals surface area (Å²) in [7, 11) is 0. The van der Waals surface area contributed by atoms with E-state index in [1.165, 1.54) is 0 Å². The molecule has 0 aliphatic heterocycles. The predicted octanol–water partition coefficient (Wildman–Crippen LogP) is 2.16. The van der Waals surface area contributed by atoms with Crippen LogP contribution >= 0.6 is 11.6 Å². The standard InChI is InChI=1S/C13H19ClN2O2/c1-10(6-7-17)8-15-13(18)16-9-11-2-4-12(14)5-3-11/h2-5,10,17H,6-9H2,1H3,(H2,15,16,18). The van der Waals surface area contributed by atoms with E-state index in [-0.39, 0.29) is 18.6 Å². The average molecular weight is 271 g/mol. The number of urea groups is 1. The molecule has 0 aliphatic carbocycles. The van der Waals surface area contributed by atoms with Gasteiger partial charge < -0.3 is 15.7 Å². The molecule has 5 heteroatoms. The second-order valence-electron chi connectivity index (χ2n) is 4.31. The second kappa shape index (κ2) is 7.95. The van der Waals surface area contributed by atoms with Gasteiger partial charge in [-0.1, -0.05) is 30.7 Å². The Labute approximate surface area is 112 Å². The third-order valence-electron chi connectivity index (χ3n) is 2.60. The molecule has 1 atom stereocenters. The van der Waals surface area contributed by atoms with Gasteiger partial charge in [0.1, 0.15) is 0 Å². The molecule has 0 aliphatic rings. The Morgan fingerprint density at radius 3 is 2.61 bits per heavy atom. The van der Waals surface area contributed by atoms with Gasteiger partial charge in [-0.25, -0.2) is 4.79 Å². The summed E-state index contributed by atoms with van der Waals surface area (Å²) < 4.78 is 0. The molecule has 18 heavy (non-hydrogen) atoms. The Hall–Kier alpha value is -1.26. The van der Waals surface area contributed by atoms with Crippen LogP contribution in [0.4, 0.5) is 4.79 Å². The molecular formula is C13H19ClN2O2. The van der Waals surface area contributed by atoms with Crippen LogP contribution in [0, 0.1) is 5.92 Å². The molecule has 0 spiro atoms. The van der Waals surface area contributed by atoms with Gasteiger partial charge in [0.05, 0.1) is 0 Å². The van der Waals surface area contributed by atoms with Crippen LogP contribution in [0.3, 0.4) is 0 Å². The number of carbonyl (C=O) groups excluding carboxylic acids is 1. The van der Waals surface area contributed by atoms with Crippen LogP contribution in [0.1, 0.15) is 18.9 Å². The zero-order valence-electron chi connectivity index (χ0n) is 10.4. The Balaban J connectivity index is 2.22. The van der Waals surface area contributed by atoms with E-state index in [2.05, 4.69) is 10.6 Å². The van der Waals surface area contributed by atoms with Gasteiger partial charge in [0.15, 0.2) is 0 Å². The van der Waals surface area contributed by atoms with E-state index < -0.39 is 0 Å². The highest BCUT2D eigenvalue weighted by Gasteiger charge is 2.04. The molecule has 1 aromatic rings. The lowest BCUT2D eigenvalue weighted by molar-refractivity contribution is 0.233. The number of hydrogen-bond donors (Lipinski definition) is 3. The summed E-state index contributed by atoms with van der Waals surface area (Å²) in [5.74, 6) is 0.274. The van der Waals surface area contributed by atoms with Crippen molar-refractivity contribution in [1.29, 1.82) is 0 Å². The van der Waals surface area contributed by atoms with Crippen molar-refractivity contribution in [2.24, 2.45) is 5.92 Å². The van der Waals surface area contributed by atoms with Gasteiger partial charge >= 0.3 is 6.03 Å². The van der Waals surface area contributed by atoms with E-state index in [1.54, 1.807) is 12.1 Å². The zero-order chi connectivity index (χ0) is 13.4. The number of amides is 2. The fourth-order valence-electron chi connectivity index (χ4n) is 1.44. The summed E-state index contributed by atoms with van der Waals surface area (Å²) in [4.78, 5) is 11.5. The lowest BCUT2D eigenvalue weighted by Gasteiger charge is -2.12. The first-order valence-corrected chi connectivity index (χ1v) is 6.36. The van der Waals surface area contributed by atoms with Crippen molar-refractivity contribution in [1.82, 2.24) is 10.6 Å². The van der Waals surface area contributed by atoms with Gasteiger partial charge in [0.2, 0.25) is 0 Å². The molecule has 0 saturated heterocycles. The first-order chi connectivity index (χ1) is 8.61. The third-order valence-corrected chi connectivity index (χ3v) is 2.85. The van der Waals surface area contributed by atoms with Crippen molar-refractivity contribution >= 4 is 17.6 Å². The SMILES string of the molecule is CC(CCO)CNC(=O)NCc1ccc(Cl)cc1. The first-order valence-electron chi connectivity index (χ1n) is 5.99. The van der Waals surface area contributed by atoms with Crippen molar-refractivity contribution < 1.29 is 9.90 Å². The van der Waals surface area contributed by atoms with Crippen molar-refractivity contribution in [2.45, 2.75) is 19.9 Å². The largest absolute Gasteiger partial charge is 0.396 e. The third kappa shape index (κ3) is 5.89. The number of benzene rings is 1. The maximum atomic E-state index is 11.5. The minimum atomic E-state index is -0.199. The lowest BCUT2D eigenvalue weighted by atomic mass is 10.1. The Bertz CT molecular complexity index is 368. The van der Waals surface area contributed by atoms with E-state index in [0.717, 1.165) is 5.56 Å². The van der Waals surface area contributed by atoms with E-state index in [1.807, 2.05) is 19.1 Å². The molecule has 2 amide bonds. The van der Waals surface area contributed by atoms with E-state index in [4.69, 9.17) is 16.7 Å². The number of aliphatic hydroxyl groups is 1. The fourth-order valence-corrected chi connectivity index (χ4v) is 1.56. The molecule has 100 valence electrons. The molecule has 0 fully saturated rings. The molecular weight excluding hydrogens is 252 g/mol. The number of nitrogens with one attached hydrogen (secondary N) is 2. The molecule has 0 bridgehead atoms. The average Bonchev–Trinajstić information content (AvgIpc) is 2.36. The molecule has 1 rings (SSSR count). The van der Waals surface area contributed by atoms with Crippen LogP contribution < -0.4 is 10.6 Å². The van der Waals surface area contributed by atoms with E-state index in [9.17, 15) is 4.79 Å². The van der Waals surface area contributed by atoms with Gasteiger partial charge in [-0.3, -0.25) is 0 Å². The Kier molecular flexibility index (Phi) is 6.54. The van der Waals surface area contributed by atoms with Gasteiger partial charge in [-0.2, -0.15) is 0 Å². The number of halogens is 1. The maximum absolute atomic E-state index is 11.5. The molecule has 0 aromatic heterocycles. The zero-order valence-corrected chi connectivity index (χ0v) is 11.2. The number of carbonyl (C=O) groups is 1. The van der Waals surface area contributed by atoms with Crippen molar-refractivity contribution in [2.75, 3.05) is 13.2 Å². The minimum Gasteiger partial charge on any atom is -0.396 e. The first kappa shape index (κ1) is 14.8. The quantitative estimate of drug-likeness (QED) is 0.742. The minimum absolute atomic E-state index is 0.148. The fraction of sp³-hybridized carbons (Fsp3) is 0.462. The predicted molar refractivity (Wildman–Crippen MR) is 72.6 cm³/mol. The molecule has 0 saturated carbocycles. The molecule has 1 unspecified atom stereocenters. The second-order valence-corrected chi connectivity index (χ2v) is 4.74. The highest BCUT2D eigenvalue weighted by molar-refractivity contribution is 6.30. The molecule has 4 nitrogen and oxygen atoms in total. The highest BCUT2D eigenvalue weighted by atomic mass is 35.5.